The normalized spacial score (nSPS) is 13.9. The van der Waals surface area contributed by atoms with Crippen LogP contribution in [0.15, 0.2) is 18.2 Å². The van der Waals surface area contributed by atoms with Crippen LogP contribution in [0.5, 0.6) is 0 Å². The number of benzene rings is 1. The lowest BCUT2D eigenvalue weighted by atomic mass is 10.0. The predicted molar refractivity (Wildman–Crippen MR) is 53.4 cm³/mol. The van der Waals surface area contributed by atoms with E-state index in [1.54, 1.807) is 6.92 Å². The Hall–Kier alpha value is -1.10. The Morgan fingerprint density at radius 3 is 2.44 bits per heavy atom. The molecule has 90 valence electrons. The highest BCUT2D eigenvalue weighted by atomic mass is 19.4. The predicted octanol–water partition coefficient (Wildman–Crippen LogP) is 3.48. The lowest BCUT2D eigenvalue weighted by Crippen LogP contribution is -2.16. The Morgan fingerprint density at radius 1 is 1.31 bits per heavy atom. The van der Waals surface area contributed by atoms with Gasteiger partial charge < -0.3 is 5.73 Å². The van der Waals surface area contributed by atoms with Crippen LogP contribution in [0, 0.1) is 12.7 Å². The highest BCUT2D eigenvalue weighted by molar-refractivity contribution is 5.26. The first-order valence-electron chi connectivity index (χ1n) is 4.88. The van der Waals surface area contributed by atoms with Gasteiger partial charge in [-0.2, -0.15) is 13.2 Å². The van der Waals surface area contributed by atoms with Crippen molar-refractivity contribution < 1.29 is 17.6 Å². The molecule has 0 amide bonds. The zero-order valence-electron chi connectivity index (χ0n) is 8.81. The van der Waals surface area contributed by atoms with Crippen LogP contribution < -0.4 is 5.73 Å². The van der Waals surface area contributed by atoms with Crippen molar-refractivity contribution in [3.63, 3.8) is 0 Å². The Labute approximate surface area is 91.3 Å². The summed E-state index contributed by atoms with van der Waals surface area (Å²) in [6.45, 7) is 1.55. The SMILES string of the molecule is Cc1cc([C@@H](N)CCC(F)(F)F)ccc1F. The maximum Gasteiger partial charge on any atom is 0.389 e. The van der Waals surface area contributed by atoms with E-state index in [2.05, 4.69) is 0 Å². The quantitative estimate of drug-likeness (QED) is 0.797. The van der Waals surface area contributed by atoms with Gasteiger partial charge in [-0.05, 0) is 30.5 Å². The van der Waals surface area contributed by atoms with Crippen LogP contribution in [-0.4, -0.2) is 6.18 Å². The molecule has 16 heavy (non-hydrogen) atoms. The topological polar surface area (TPSA) is 26.0 Å². The third kappa shape index (κ3) is 3.81. The third-order valence-corrected chi connectivity index (χ3v) is 2.35. The molecule has 1 nitrogen and oxygen atoms in total. The van der Waals surface area contributed by atoms with Gasteiger partial charge in [0.15, 0.2) is 0 Å². The molecule has 0 bridgehead atoms. The molecule has 0 fully saturated rings. The monoisotopic (exact) mass is 235 g/mol. The third-order valence-electron chi connectivity index (χ3n) is 2.35. The molecule has 0 radical (unpaired) electrons. The lowest BCUT2D eigenvalue weighted by Gasteiger charge is -2.14. The summed E-state index contributed by atoms with van der Waals surface area (Å²) in [7, 11) is 0. The highest BCUT2D eigenvalue weighted by Gasteiger charge is 2.27. The fraction of sp³-hybridized carbons (Fsp3) is 0.455. The number of halogens is 4. The summed E-state index contributed by atoms with van der Waals surface area (Å²) >= 11 is 0. The van der Waals surface area contributed by atoms with E-state index in [0.29, 0.717) is 11.1 Å². The van der Waals surface area contributed by atoms with Crippen molar-refractivity contribution >= 4 is 0 Å². The van der Waals surface area contributed by atoms with Gasteiger partial charge in [0.05, 0.1) is 0 Å². The Bertz CT molecular complexity index is 359. The van der Waals surface area contributed by atoms with E-state index in [9.17, 15) is 17.6 Å². The molecule has 1 aromatic carbocycles. The number of aryl methyl sites for hydroxylation is 1. The summed E-state index contributed by atoms with van der Waals surface area (Å²) in [6, 6.07) is 3.42. The minimum absolute atomic E-state index is 0.186. The van der Waals surface area contributed by atoms with E-state index >= 15 is 0 Å². The maximum atomic E-state index is 12.9. The molecule has 0 aromatic heterocycles. The first kappa shape index (κ1) is 13.0. The van der Waals surface area contributed by atoms with E-state index in [-0.39, 0.29) is 12.2 Å². The molecule has 1 rings (SSSR count). The molecule has 2 N–H and O–H groups in total. The van der Waals surface area contributed by atoms with Gasteiger partial charge in [-0.1, -0.05) is 12.1 Å². The Kier molecular flexibility index (Phi) is 3.91. The van der Waals surface area contributed by atoms with Crippen molar-refractivity contribution in [1.82, 2.24) is 0 Å². The fourth-order valence-electron chi connectivity index (χ4n) is 1.38. The summed E-state index contributed by atoms with van der Waals surface area (Å²) < 4.78 is 48.8. The van der Waals surface area contributed by atoms with Crippen LogP contribution in [-0.2, 0) is 0 Å². The Morgan fingerprint density at radius 2 is 1.94 bits per heavy atom. The van der Waals surface area contributed by atoms with Crippen molar-refractivity contribution in [2.75, 3.05) is 0 Å². The second-order valence-electron chi connectivity index (χ2n) is 3.77. The summed E-state index contributed by atoms with van der Waals surface area (Å²) in [5, 5.41) is 0. The van der Waals surface area contributed by atoms with Crippen molar-refractivity contribution in [2.24, 2.45) is 5.73 Å². The van der Waals surface area contributed by atoms with Gasteiger partial charge in [0, 0.05) is 12.5 Å². The van der Waals surface area contributed by atoms with E-state index in [1.165, 1.54) is 18.2 Å². The maximum absolute atomic E-state index is 12.9. The van der Waals surface area contributed by atoms with Gasteiger partial charge >= 0.3 is 6.18 Å². The minimum atomic E-state index is -4.20. The lowest BCUT2D eigenvalue weighted by molar-refractivity contribution is -0.136. The number of alkyl halides is 3. The van der Waals surface area contributed by atoms with Crippen LogP contribution in [0.25, 0.3) is 0 Å². The average Bonchev–Trinajstić information content (AvgIpc) is 2.17. The minimum Gasteiger partial charge on any atom is -0.324 e. The molecule has 1 atom stereocenters. The first-order chi connectivity index (χ1) is 7.29. The first-order valence-corrected chi connectivity index (χ1v) is 4.88. The van der Waals surface area contributed by atoms with Crippen molar-refractivity contribution in [3.8, 4) is 0 Å². The molecule has 0 saturated carbocycles. The molecule has 0 spiro atoms. The molecule has 0 saturated heterocycles. The molecule has 0 aliphatic rings. The molecule has 0 aliphatic carbocycles. The zero-order chi connectivity index (χ0) is 12.3. The van der Waals surface area contributed by atoms with Crippen molar-refractivity contribution in [3.05, 3.63) is 35.1 Å². The van der Waals surface area contributed by atoms with E-state index in [1.807, 2.05) is 0 Å². The largest absolute Gasteiger partial charge is 0.389 e. The molecule has 0 heterocycles. The van der Waals surface area contributed by atoms with Crippen LogP contribution in [0.3, 0.4) is 0 Å². The summed E-state index contributed by atoms with van der Waals surface area (Å²) in [6.07, 6.45) is -5.31. The molecule has 1 aromatic rings. The summed E-state index contributed by atoms with van der Waals surface area (Å²) in [4.78, 5) is 0. The van der Waals surface area contributed by atoms with E-state index in [4.69, 9.17) is 5.73 Å². The van der Waals surface area contributed by atoms with Gasteiger partial charge in [0.2, 0.25) is 0 Å². The number of hydrogen-bond acceptors (Lipinski definition) is 1. The van der Waals surface area contributed by atoms with Crippen LogP contribution in [0.2, 0.25) is 0 Å². The molecular formula is C11H13F4N. The molecular weight excluding hydrogens is 222 g/mol. The highest BCUT2D eigenvalue weighted by Crippen LogP contribution is 2.26. The van der Waals surface area contributed by atoms with Gasteiger partial charge in [-0.3, -0.25) is 0 Å². The molecule has 5 heteroatoms. The number of nitrogens with two attached hydrogens (primary N) is 1. The van der Waals surface area contributed by atoms with Crippen LogP contribution in [0.1, 0.15) is 30.0 Å². The van der Waals surface area contributed by atoms with E-state index in [0.717, 1.165) is 0 Å². The summed E-state index contributed by atoms with van der Waals surface area (Å²) in [5.74, 6) is -0.383. The zero-order valence-corrected chi connectivity index (χ0v) is 8.81. The second kappa shape index (κ2) is 4.82. The standard InChI is InChI=1S/C11H13F4N/c1-7-6-8(2-3-9(7)12)10(16)4-5-11(13,14)15/h2-3,6,10H,4-5,16H2,1H3/t10-/m0/s1. The number of rotatable bonds is 3. The van der Waals surface area contributed by atoms with Crippen molar-refractivity contribution in [1.29, 1.82) is 0 Å². The summed E-state index contributed by atoms with van der Waals surface area (Å²) in [5.41, 5.74) is 6.52. The van der Waals surface area contributed by atoms with Crippen LogP contribution in [0.4, 0.5) is 17.6 Å². The van der Waals surface area contributed by atoms with Crippen molar-refractivity contribution in [2.45, 2.75) is 32.0 Å². The van der Waals surface area contributed by atoms with Crippen LogP contribution >= 0.6 is 0 Å². The fourth-order valence-corrected chi connectivity index (χ4v) is 1.38. The van der Waals surface area contributed by atoms with Gasteiger partial charge in [0.25, 0.3) is 0 Å². The smallest absolute Gasteiger partial charge is 0.324 e. The average molecular weight is 235 g/mol. The van der Waals surface area contributed by atoms with Gasteiger partial charge in [-0.25, -0.2) is 4.39 Å². The molecule has 0 unspecified atom stereocenters. The van der Waals surface area contributed by atoms with Gasteiger partial charge in [-0.15, -0.1) is 0 Å². The second-order valence-corrected chi connectivity index (χ2v) is 3.77. The molecule has 0 aliphatic heterocycles. The van der Waals surface area contributed by atoms with E-state index < -0.39 is 18.6 Å². The Balaban J connectivity index is 2.66. The van der Waals surface area contributed by atoms with Gasteiger partial charge in [0.1, 0.15) is 5.82 Å². The number of hydrogen-bond donors (Lipinski definition) is 1.